The zero-order valence-corrected chi connectivity index (χ0v) is 12.5. The van der Waals surface area contributed by atoms with Gasteiger partial charge in [0.2, 0.25) is 0 Å². The van der Waals surface area contributed by atoms with Crippen LogP contribution in [-0.2, 0) is 0 Å². The van der Waals surface area contributed by atoms with Crippen LogP contribution in [-0.4, -0.2) is 11.1 Å². The quantitative estimate of drug-likeness (QED) is 0.790. The van der Waals surface area contributed by atoms with Crippen molar-refractivity contribution in [2.24, 2.45) is 0 Å². The molecule has 1 aromatic carbocycles. The third-order valence-corrected chi connectivity index (χ3v) is 3.55. The van der Waals surface area contributed by atoms with Gasteiger partial charge in [-0.2, -0.15) is 0 Å². The van der Waals surface area contributed by atoms with Gasteiger partial charge in [0.15, 0.2) is 0 Å². The average Bonchev–Trinajstić information content (AvgIpc) is 2.69. The first-order valence-corrected chi connectivity index (χ1v) is 6.55. The average molecular weight is 375 g/mol. The number of rotatable bonds is 2. The van der Waals surface area contributed by atoms with E-state index in [4.69, 9.17) is 10.3 Å². The fraction of sp³-hybridized carbons (Fsp3) is 0.0909. The van der Waals surface area contributed by atoms with Gasteiger partial charge < -0.3 is 15.6 Å². The topological polar surface area (TPSA) is 81.2 Å². The van der Waals surface area contributed by atoms with Gasteiger partial charge in [-0.1, -0.05) is 5.16 Å². The molecule has 0 bridgehead atoms. The first-order valence-electron chi connectivity index (χ1n) is 4.96. The highest BCUT2D eigenvalue weighted by Crippen LogP contribution is 2.33. The van der Waals surface area contributed by atoms with E-state index in [0.717, 1.165) is 0 Å². The number of anilines is 2. The molecule has 0 saturated carbocycles. The Labute approximate surface area is 120 Å². The molecule has 0 fully saturated rings. The second-order valence-electron chi connectivity index (χ2n) is 3.61. The van der Waals surface area contributed by atoms with Gasteiger partial charge >= 0.3 is 0 Å². The molecule has 0 radical (unpaired) electrons. The normalized spacial score (nSPS) is 10.4. The van der Waals surface area contributed by atoms with Crippen LogP contribution in [0.2, 0.25) is 0 Å². The number of halogens is 2. The van der Waals surface area contributed by atoms with E-state index in [0.29, 0.717) is 31.6 Å². The molecule has 0 atom stereocenters. The molecular weight excluding hydrogens is 366 g/mol. The minimum atomic E-state index is -0.292. The van der Waals surface area contributed by atoms with Crippen LogP contribution >= 0.6 is 31.9 Å². The number of nitrogens with one attached hydrogen (secondary N) is 1. The highest BCUT2D eigenvalue weighted by molar-refractivity contribution is 9.11. The predicted molar refractivity (Wildman–Crippen MR) is 75.4 cm³/mol. The lowest BCUT2D eigenvalue weighted by Gasteiger charge is -2.10. The van der Waals surface area contributed by atoms with Crippen molar-refractivity contribution >= 4 is 49.1 Å². The van der Waals surface area contributed by atoms with Crippen molar-refractivity contribution in [2.75, 3.05) is 11.1 Å². The Kier molecular flexibility index (Phi) is 3.72. The van der Waals surface area contributed by atoms with Gasteiger partial charge in [0, 0.05) is 14.6 Å². The van der Waals surface area contributed by atoms with Gasteiger partial charge in [0.05, 0.1) is 11.9 Å². The summed E-state index contributed by atoms with van der Waals surface area (Å²) in [5.74, 6) is 0.176. The van der Waals surface area contributed by atoms with Gasteiger partial charge in [0.25, 0.3) is 5.91 Å². The number of hydrogen-bond donors (Lipinski definition) is 2. The summed E-state index contributed by atoms with van der Waals surface area (Å²) < 4.78 is 6.23. The van der Waals surface area contributed by atoms with Crippen molar-refractivity contribution in [1.29, 1.82) is 0 Å². The summed E-state index contributed by atoms with van der Waals surface area (Å²) in [5.41, 5.74) is 7.27. The maximum Gasteiger partial charge on any atom is 0.260 e. The molecule has 0 unspecified atom stereocenters. The van der Waals surface area contributed by atoms with Crippen LogP contribution in [0.5, 0.6) is 0 Å². The van der Waals surface area contributed by atoms with Gasteiger partial charge in [0.1, 0.15) is 11.3 Å². The van der Waals surface area contributed by atoms with Crippen molar-refractivity contribution in [1.82, 2.24) is 5.16 Å². The Morgan fingerprint density at radius 3 is 2.50 bits per heavy atom. The molecule has 1 heterocycles. The second-order valence-corrected chi connectivity index (χ2v) is 5.32. The van der Waals surface area contributed by atoms with Crippen LogP contribution in [0.4, 0.5) is 11.4 Å². The highest BCUT2D eigenvalue weighted by atomic mass is 79.9. The lowest BCUT2D eigenvalue weighted by Crippen LogP contribution is -2.13. The summed E-state index contributed by atoms with van der Waals surface area (Å²) in [6.45, 7) is 1.68. The zero-order chi connectivity index (χ0) is 13.3. The lowest BCUT2D eigenvalue weighted by molar-refractivity contribution is 0.102. The number of nitrogens with zero attached hydrogens (tertiary/aromatic N) is 1. The van der Waals surface area contributed by atoms with Gasteiger partial charge in [-0.25, -0.2) is 0 Å². The van der Waals surface area contributed by atoms with E-state index in [1.165, 1.54) is 6.20 Å². The van der Waals surface area contributed by atoms with Crippen molar-refractivity contribution < 1.29 is 9.32 Å². The summed E-state index contributed by atoms with van der Waals surface area (Å²) in [5, 5.41) is 6.32. The summed E-state index contributed by atoms with van der Waals surface area (Å²) in [6.07, 6.45) is 1.38. The molecule has 1 aromatic heterocycles. The van der Waals surface area contributed by atoms with E-state index in [9.17, 15) is 4.79 Å². The summed E-state index contributed by atoms with van der Waals surface area (Å²) in [6, 6.07) is 3.42. The Morgan fingerprint density at radius 1 is 1.39 bits per heavy atom. The molecule has 0 aliphatic carbocycles. The Hall–Kier alpha value is -1.34. The third-order valence-electron chi connectivity index (χ3n) is 2.30. The molecule has 0 saturated heterocycles. The number of carbonyl (C=O) groups excluding carboxylic acids is 1. The van der Waals surface area contributed by atoms with E-state index in [1.54, 1.807) is 19.1 Å². The molecule has 7 heteroatoms. The number of carbonyl (C=O) groups is 1. The van der Waals surface area contributed by atoms with E-state index in [2.05, 4.69) is 42.3 Å². The number of amides is 1. The van der Waals surface area contributed by atoms with E-state index in [-0.39, 0.29) is 5.91 Å². The molecule has 18 heavy (non-hydrogen) atoms. The molecule has 94 valence electrons. The molecule has 0 spiro atoms. The number of aryl methyl sites for hydroxylation is 1. The number of nitrogen functional groups attached to an aromatic ring is 1. The number of nitrogens with two attached hydrogens (primary N) is 1. The van der Waals surface area contributed by atoms with Crippen LogP contribution in [0.15, 0.2) is 31.8 Å². The molecule has 2 aromatic rings. The van der Waals surface area contributed by atoms with E-state index >= 15 is 0 Å². The summed E-state index contributed by atoms with van der Waals surface area (Å²) >= 11 is 6.69. The number of benzene rings is 1. The molecule has 5 nitrogen and oxygen atoms in total. The second kappa shape index (κ2) is 5.11. The van der Waals surface area contributed by atoms with Crippen molar-refractivity contribution in [2.45, 2.75) is 6.92 Å². The van der Waals surface area contributed by atoms with Crippen molar-refractivity contribution in [3.05, 3.63) is 38.6 Å². The van der Waals surface area contributed by atoms with Crippen molar-refractivity contribution in [3.63, 3.8) is 0 Å². The molecule has 2 rings (SSSR count). The third kappa shape index (κ3) is 2.56. The van der Waals surface area contributed by atoms with E-state index < -0.39 is 0 Å². The lowest BCUT2D eigenvalue weighted by atomic mass is 10.2. The van der Waals surface area contributed by atoms with Crippen LogP contribution in [0.1, 0.15) is 16.1 Å². The van der Waals surface area contributed by atoms with Crippen LogP contribution in [0.3, 0.4) is 0 Å². The molecule has 0 aliphatic heterocycles. The minimum absolute atomic E-state index is 0.292. The zero-order valence-electron chi connectivity index (χ0n) is 9.33. The number of hydrogen-bond acceptors (Lipinski definition) is 4. The van der Waals surface area contributed by atoms with Gasteiger partial charge in [-0.05, 0) is 50.9 Å². The van der Waals surface area contributed by atoms with Crippen LogP contribution < -0.4 is 11.1 Å². The fourth-order valence-electron chi connectivity index (χ4n) is 1.41. The largest absolute Gasteiger partial charge is 0.399 e. The Morgan fingerprint density at radius 2 is 2.00 bits per heavy atom. The standard InChI is InChI=1S/C11H9Br2N3O2/c1-5-7(4-15-18-5)11(17)16-10-8(12)2-6(14)3-9(10)13/h2-4H,14H2,1H3,(H,16,17). The summed E-state index contributed by atoms with van der Waals surface area (Å²) in [4.78, 5) is 12.0. The molecule has 0 aliphatic rings. The molecule has 1 amide bonds. The Balaban J connectivity index is 2.31. The fourth-order valence-corrected chi connectivity index (χ4v) is 2.83. The maximum atomic E-state index is 12.0. The SMILES string of the molecule is Cc1oncc1C(=O)Nc1c(Br)cc(N)cc1Br. The molecular formula is C11H9Br2N3O2. The Bertz CT molecular complexity index is 587. The predicted octanol–water partition coefficient (Wildman–Crippen LogP) is 3.34. The molecule has 3 N–H and O–H groups in total. The number of aromatic nitrogens is 1. The van der Waals surface area contributed by atoms with Crippen molar-refractivity contribution in [3.8, 4) is 0 Å². The van der Waals surface area contributed by atoms with E-state index in [1.807, 2.05) is 0 Å². The first-order chi connectivity index (χ1) is 8.49. The minimum Gasteiger partial charge on any atom is -0.399 e. The monoisotopic (exact) mass is 373 g/mol. The highest BCUT2D eigenvalue weighted by Gasteiger charge is 2.16. The van der Waals surface area contributed by atoms with Gasteiger partial charge in [-0.3, -0.25) is 4.79 Å². The first kappa shape index (κ1) is 13.1. The van der Waals surface area contributed by atoms with Gasteiger partial charge in [-0.15, -0.1) is 0 Å². The van der Waals surface area contributed by atoms with Crippen LogP contribution in [0.25, 0.3) is 0 Å². The maximum absolute atomic E-state index is 12.0. The van der Waals surface area contributed by atoms with Crippen LogP contribution in [0, 0.1) is 6.92 Å². The smallest absolute Gasteiger partial charge is 0.260 e. The summed E-state index contributed by atoms with van der Waals surface area (Å²) in [7, 11) is 0.